The predicted octanol–water partition coefficient (Wildman–Crippen LogP) is 4.03. The van der Waals surface area contributed by atoms with Gasteiger partial charge in [0, 0.05) is 25.9 Å². The van der Waals surface area contributed by atoms with Crippen LogP contribution in [0.5, 0.6) is 5.75 Å². The van der Waals surface area contributed by atoms with Crippen molar-refractivity contribution < 1.29 is 9.53 Å². The second kappa shape index (κ2) is 8.19. The van der Waals surface area contributed by atoms with Crippen molar-refractivity contribution in [1.82, 2.24) is 14.7 Å². The van der Waals surface area contributed by atoms with Crippen molar-refractivity contribution in [3.05, 3.63) is 82.1 Å². The fraction of sp³-hybridized carbons (Fsp3) is 0.200. The third kappa shape index (κ3) is 4.52. The summed E-state index contributed by atoms with van der Waals surface area (Å²) >= 11 is 3.46. The molecule has 2 aromatic carbocycles. The number of hydrogen-bond acceptors (Lipinski definition) is 3. The minimum atomic E-state index is -0.0334. The van der Waals surface area contributed by atoms with Gasteiger partial charge in [-0.1, -0.05) is 24.3 Å². The highest BCUT2D eigenvalue weighted by Gasteiger charge is 2.13. The maximum atomic E-state index is 12.5. The largest absolute Gasteiger partial charge is 0.488 e. The predicted molar refractivity (Wildman–Crippen MR) is 104 cm³/mol. The van der Waals surface area contributed by atoms with E-state index in [4.69, 9.17) is 4.74 Å². The van der Waals surface area contributed by atoms with Crippen molar-refractivity contribution in [2.45, 2.75) is 13.2 Å². The SMILES string of the molecule is CN(Cc1ccn(C)n1)C(=O)c1ccc(COc2ccccc2Br)cc1. The Kier molecular flexibility index (Phi) is 5.73. The molecule has 0 aliphatic heterocycles. The molecule has 0 spiro atoms. The Balaban J connectivity index is 1.59. The third-order valence-corrected chi connectivity index (χ3v) is 4.60. The second-order valence-corrected chi connectivity index (χ2v) is 6.91. The highest BCUT2D eigenvalue weighted by atomic mass is 79.9. The second-order valence-electron chi connectivity index (χ2n) is 6.06. The van der Waals surface area contributed by atoms with Crippen LogP contribution < -0.4 is 4.74 Å². The molecule has 0 unspecified atom stereocenters. The molecule has 5 nitrogen and oxygen atoms in total. The zero-order chi connectivity index (χ0) is 18.5. The van der Waals surface area contributed by atoms with Gasteiger partial charge in [-0.3, -0.25) is 9.48 Å². The first-order valence-electron chi connectivity index (χ1n) is 8.23. The monoisotopic (exact) mass is 413 g/mol. The van der Waals surface area contributed by atoms with E-state index in [1.165, 1.54) is 0 Å². The van der Waals surface area contributed by atoms with Gasteiger partial charge in [0.05, 0.1) is 16.7 Å². The molecular weight excluding hydrogens is 394 g/mol. The van der Waals surface area contributed by atoms with Gasteiger partial charge in [-0.05, 0) is 51.8 Å². The summed E-state index contributed by atoms with van der Waals surface area (Å²) in [5.74, 6) is 0.761. The van der Waals surface area contributed by atoms with E-state index >= 15 is 0 Å². The highest BCUT2D eigenvalue weighted by molar-refractivity contribution is 9.10. The van der Waals surface area contributed by atoms with Crippen molar-refractivity contribution in [2.75, 3.05) is 7.05 Å². The van der Waals surface area contributed by atoms with Crippen LogP contribution in [0.4, 0.5) is 0 Å². The molecule has 0 fully saturated rings. The summed E-state index contributed by atoms with van der Waals surface area (Å²) in [7, 11) is 3.64. The number of amides is 1. The Morgan fingerprint density at radius 3 is 2.54 bits per heavy atom. The van der Waals surface area contributed by atoms with E-state index in [9.17, 15) is 4.79 Å². The number of halogens is 1. The lowest BCUT2D eigenvalue weighted by Crippen LogP contribution is -2.26. The molecule has 0 saturated heterocycles. The van der Waals surface area contributed by atoms with Crippen LogP contribution in [-0.4, -0.2) is 27.6 Å². The summed E-state index contributed by atoms with van der Waals surface area (Å²) in [4.78, 5) is 14.2. The van der Waals surface area contributed by atoms with E-state index in [0.717, 1.165) is 21.5 Å². The summed E-state index contributed by atoms with van der Waals surface area (Å²) < 4.78 is 8.45. The highest BCUT2D eigenvalue weighted by Crippen LogP contribution is 2.24. The molecule has 26 heavy (non-hydrogen) atoms. The number of carbonyl (C=O) groups is 1. The van der Waals surface area contributed by atoms with E-state index in [1.54, 1.807) is 16.6 Å². The van der Waals surface area contributed by atoms with Crippen LogP contribution in [0, 0.1) is 0 Å². The van der Waals surface area contributed by atoms with Crippen molar-refractivity contribution >= 4 is 21.8 Å². The fourth-order valence-electron chi connectivity index (χ4n) is 2.55. The molecule has 1 amide bonds. The van der Waals surface area contributed by atoms with Crippen LogP contribution in [0.15, 0.2) is 65.3 Å². The first-order chi connectivity index (χ1) is 12.5. The van der Waals surface area contributed by atoms with Crippen LogP contribution in [-0.2, 0) is 20.2 Å². The molecule has 3 rings (SSSR count). The standard InChI is InChI=1S/C20H20BrN3O2/c1-23(13-17-11-12-24(2)22-17)20(25)16-9-7-15(8-10-16)14-26-19-6-4-3-5-18(19)21/h3-12H,13-14H2,1-2H3. The number of hydrogen-bond donors (Lipinski definition) is 0. The molecule has 134 valence electrons. The molecule has 3 aromatic rings. The molecule has 6 heteroatoms. The summed E-state index contributed by atoms with van der Waals surface area (Å²) in [6, 6.07) is 17.1. The first-order valence-corrected chi connectivity index (χ1v) is 9.02. The summed E-state index contributed by atoms with van der Waals surface area (Å²) in [5.41, 5.74) is 2.51. The smallest absolute Gasteiger partial charge is 0.253 e. The quantitative estimate of drug-likeness (QED) is 0.612. The topological polar surface area (TPSA) is 47.4 Å². The molecule has 0 aliphatic rings. The maximum absolute atomic E-state index is 12.5. The number of para-hydroxylation sites is 1. The zero-order valence-electron chi connectivity index (χ0n) is 14.7. The summed E-state index contributed by atoms with van der Waals surface area (Å²) in [6.45, 7) is 0.924. The lowest BCUT2D eigenvalue weighted by Gasteiger charge is -2.16. The normalized spacial score (nSPS) is 10.6. The van der Waals surface area contributed by atoms with E-state index in [2.05, 4.69) is 21.0 Å². The zero-order valence-corrected chi connectivity index (χ0v) is 16.3. The minimum absolute atomic E-state index is 0.0334. The fourth-order valence-corrected chi connectivity index (χ4v) is 2.95. The molecular formula is C20H20BrN3O2. The third-order valence-electron chi connectivity index (χ3n) is 3.95. The molecule has 0 aliphatic carbocycles. The van der Waals surface area contributed by atoms with Gasteiger partial charge in [-0.2, -0.15) is 5.10 Å². The van der Waals surface area contributed by atoms with Gasteiger partial charge >= 0.3 is 0 Å². The Morgan fingerprint density at radius 1 is 1.15 bits per heavy atom. The van der Waals surface area contributed by atoms with Gasteiger partial charge in [-0.25, -0.2) is 0 Å². The number of benzene rings is 2. The Hall–Kier alpha value is -2.60. The number of ether oxygens (including phenoxy) is 1. The molecule has 0 N–H and O–H groups in total. The molecule has 1 heterocycles. The molecule has 0 radical (unpaired) electrons. The van der Waals surface area contributed by atoms with Gasteiger partial charge in [-0.15, -0.1) is 0 Å². The van der Waals surface area contributed by atoms with Gasteiger partial charge < -0.3 is 9.64 Å². The lowest BCUT2D eigenvalue weighted by molar-refractivity contribution is 0.0783. The molecule has 1 aromatic heterocycles. The van der Waals surface area contributed by atoms with Crippen LogP contribution >= 0.6 is 15.9 Å². The Bertz CT molecular complexity index is 890. The van der Waals surface area contributed by atoms with E-state index in [-0.39, 0.29) is 5.91 Å². The van der Waals surface area contributed by atoms with E-state index in [0.29, 0.717) is 18.7 Å². The van der Waals surface area contributed by atoms with Crippen LogP contribution in [0.1, 0.15) is 21.6 Å². The van der Waals surface area contributed by atoms with E-state index in [1.807, 2.05) is 67.8 Å². The van der Waals surface area contributed by atoms with Crippen molar-refractivity contribution in [3.8, 4) is 5.75 Å². The number of nitrogens with zero attached hydrogens (tertiary/aromatic N) is 3. The van der Waals surface area contributed by atoms with Crippen LogP contribution in [0.25, 0.3) is 0 Å². The number of carbonyl (C=O) groups excluding carboxylic acids is 1. The summed E-state index contributed by atoms with van der Waals surface area (Å²) in [5, 5.41) is 4.30. The molecule has 0 bridgehead atoms. The van der Waals surface area contributed by atoms with Crippen LogP contribution in [0.2, 0.25) is 0 Å². The maximum Gasteiger partial charge on any atom is 0.253 e. The van der Waals surface area contributed by atoms with Crippen molar-refractivity contribution in [2.24, 2.45) is 7.05 Å². The Morgan fingerprint density at radius 2 is 1.88 bits per heavy atom. The van der Waals surface area contributed by atoms with E-state index < -0.39 is 0 Å². The minimum Gasteiger partial charge on any atom is -0.488 e. The van der Waals surface area contributed by atoms with Crippen molar-refractivity contribution in [1.29, 1.82) is 0 Å². The van der Waals surface area contributed by atoms with Gasteiger partial charge in [0.25, 0.3) is 5.91 Å². The lowest BCUT2D eigenvalue weighted by atomic mass is 10.1. The molecule has 0 atom stereocenters. The number of rotatable bonds is 6. The average Bonchev–Trinajstić information content (AvgIpc) is 3.05. The van der Waals surface area contributed by atoms with Crippen LogP contribution in [0.3, 0.4) is 0 Å². The molecule has 0 saturated carbocycles. The van der Waals surface area contributed by atoms with Crippen molar-refractivity contribution in [3.63, 3.8) is 0 Å². The number of aryl methyl sites for hydroxylation is 1. The van der Waals surface area contributed by atoms with Gasteiger partial charge in [0.2, 0.25) is 0 Å². The summed E-state index contributed by atoms with van der Waals surface area (Å²) in [6.07, 6.45) is 1.87. The Labute approximate surface area is 161 Å². The van der Waals surface area contributed by atoms with Gasteiger partial charge in [0.15, 0.2) is 0 Å². The first kappa shape index (κ1) is 18.2. The number of aromatic nitrogens is 2. The average molecular weight is 414 g/mol. The van der Waals surface area contributed by atoms with Gasteiger partial charge in [0.1, 0.15) is 12.4 Å².